The number of aliphatic carboxylic acids is 1. The van der Waals surface area contributed by atoms with Gasteiger partial charge in [0.1, 0.15) is 0 Å². The number of carboxylic acid groups (broad SMARTS) is 1. The topological polar surface area (TPSA) is 102 Å². The van der Waals surface area contributed by atoms with E-state index in [0.717, 1.165) is 0 Å². The monoisotopic (exact) mass is 244 g/mol. The van der Waals surface area contributed by atoms with Crippen molar-refractivity contribution >= 4 is 11.9 Å². The van der Waals surface area contributed by atoms with Crippen LogP contribution in [0.1, 0.15) is 20.8 Å². The van der Waals surface area contributed by atoms with E-state index in [-0.39, 0.29) is 25.1 Å². The zero-order chi connectivity index (χ0) is 13.3. The molecule has 2 atom stereocenters. The number of ether oxygens (including phenoxy) is 1. The van der Waals surface area contributed by atoms with Gasteiger partial charge in [-0.25, -0.2) is 0 Å². The maximum atomic E-state index is 12.0. The Hall–Kier alpha value is -1.14. The van der Waals surface area contributed by atoms with Crippen molar-refractivity contribution in [2.45, 2.75) is 26.8 Å². The number of carbonyl (C=O) groups is 2. The molecule has 17 heavy (non-hydrogen) atoms. The van der Waals surface area contributed by atoms with E-state index >= 15 is 0 Å². The Morgan fingerprint density at radius 1 is 1.59 bits per heavy atom. The summed E-state index contributed by atoms with van der Waals surface area (Å²) in [5, 5.41) is 11.6. The minimum absolute atomic E-state index is 0.0729. The molecule has 0 spiro atoms. The second-order valence-corrected chi connectivity index (χ2v) is 5.41. The zero-order valence-corrected chi connectivity index (χ0v) is 10.4. The maximum Gasteiger partial charge on any atom is 0.310 e. The minimum atomic E-state index is -0.990. The Bertz CT molecular complexity index is 329. The Labute approximate surface area is 101 Å². The normalized spacial score (nSPS) is 29.1. The quantitative estimate of drug-likeness (QED) is 0.623. The van der Waals surface area contributed by atoms with Crippen molar-refractivity contribution in [1.82, 2.24) is 5.32 Å². The third-order valence-corrected chi connectivity index (χ3v) is 3.31. The minimum Gasteiger partial charge on any atom is -0.481 e. The molecule has 1 heterocycles. The summed E-state index contributed by atoms with van der Waals surface area (Å²) in [6.07, 6.45) is 0. The van der Waals surface area contributed by atoms with Gasteiger partial charge >= 0.3 is 5.97 Å². The Balaban J connectivity index is 2.59. The molecular weight excluding hydrogens is 224 g/mol. The van der Waals surface area contributed by atoms with Gasteiger partial charge in [-0.1, -0.05) is 0 Å². The van der Waals surface area contributed by atoms with Gasteiger partial charge in [0.15, 0.2) is 0 Å². The van der Waals surface area contributed by atoms with Crippen LogP contribution in [0.4, 0.5) is 0 Å². The summed E-state index contributed by atoms with van der Waals surface area (Å²) in [6.45, 7) is 5.54. The SMILES string of the molecule is CC(C)(CNC(=O)C1(C)COCC1N)C(=O)O. The van der Waals surface area contributed by atoms with Gasteiger partial charge in [-0.15, -0.1) is 0 Å². The van der Waals surface area contributed by atoms with Crippen LogP contribution in [-0.4, -0.2) is 42.8 Å². The molecule has 6 nitrogen and oxygen atoms in total. The molecule has 0 aromatic rings. The molecule has 98 valence electrons. The first-order chi connectivity index (χ1) is 7.70. The molecule has 2 unspecified atom stereocenters. The molecule has 6 heteroatoms. The summed E-state index contributed by atoms with van der Waals surface area (Å²) in [7, 11) is 0. The van der Waals surface area contributed by atoms with Gasteiger partial charge in [0.2, 0.25) is 5.91 Å². The largest absolute Gasteiger partial charge is 0.481 e. The smallest absolute Gasteiger partial charge is 0.310 e. The van der Waals surface area contributed by atoms with Gasteiger partial charge in [-0.2, -0.15) is 0 Å². The molecule has 1 aliphatic heterocycles. The van der Waals surface area contributed by atoms with E-state index in [1.807, 2.05) is 0 Å². The number of carbonyl (C=O) groups excluding carboxylic acids is 1. The lowest BCUT2D eigenvalue weighted by atomic mass is 9.84. The molecule has 0 saturated carbocycles. The maximum absolute atomic E-state index is 12.0. The first-order valence-corrected chi connectivity index (χ1v) is 5.55. The first-order valence-electron chi connectivity index (χ1n) is 5.55. The van der Waals surface area contributed by atoms with Crippen molar-refractivity contribution in [3.8, 4) is 0 Å². The number of rotatable bonds is 4. The van der Waals surface area contributed by atoms with Crippen LogP contribution in [0.2, 0.25) is 0 Å². The number of carboxylic acids is 1. The lowest BCUT2D eigenvalue weighted by Crippen LogP contribution is -2.52. The highest BCUT2D eigenvalue weighted by Crippen LogP contribution is 2.27. The molecule has 4 N–H and O–H groups in total. The third kappa shape index (κ3) is 2.76. The van der Waals surface area contributed by atoms with Crippen molar-refractivity contribution in [2.75, 3.05) is 19.8 Å². The summed E-state index contributed by atoms with van der Waals surface area (Å²) in [6, 6.07) is -0.351. The fraction of sp³-hybridized carbons (Fsp3) is 0.818. The molecule has 0 aromatic carbocycles. The highest BCUT2D eigenvalue weighted by atomic mass is 16.5. The Morgan fingerprint density at radius 3 is 2.59 bits per heavy atom. The van der Waals surface area contributed by atoms with Crippen LogP contribution in [0, 0.1) is 10.8 Å². The van der Waals surface area contributed by atoms with E-state index in [2.05, 4.69) is 5.32 Å². The van der Waals surface area contributed by atoms with Gasteiger partial charge in [0, 0.05) is 12.6 Å². The number of amides is 1. The molecule has 1 saturated heterocycles. The molecule has 0 aromatic heterocycles. The second kappa shape index (κ2) is 4.62. The van der Waals surface area contributed by atoms with Crippen LogP contribution < -0.4 is 11.1 Å². The summed E-state index contributed by atoms with van der Waals surface area (Å²) in [5.41, 5.74) is 4.05. The van der Waals surface area contributed by atoms with Crippen LogP contribution in [0.3, 0.4) is 0 Å². The molecule has 1 amide bonds. The summed E-state index contributed by atoms with van der Waals surface area (Å²) in [5.74, 6) is -1.20. The Kier molecular flexibility index (Phi) is 3.78. The number of nitrogens with two attached hydrogens (primary N) is 1. The molecule has 0 bridgehead atoms. The lowest BCUT2D eigenvalue weighted by molar-refractivity contribution is -0.147. The predicted molar refractivity (Wildman–Crippen MR) is 61.3 cm³/mol. The molecular formula is C11H20N2O4. The molecule has 0 radical (unpaired) electrons. The third-order valence-electron chi connectivity index (χ3n) is 3.31. The average molecular weight is 244 g/mol. The predicted octanol–water partition coefficient (Wildman–Crippen LogP) is -0.423. The van der Waals surface area contributed by atoms with E-state index in [4.69, 9.17) is 15.6 Å². The second-order valence-electron chi connectivity index (χ2n) is 5.41. The molecule has 1 fully saturated rings. The van der Waals surface area contributed by atoms with Crippen LogP contribution in [-0.2, 0) is 14.3 Å². The van der Waals surface area contributed by atoms with Crippen LogP contribution in [0.5, 0.6) is 0 Å². The van der Waals surface area contributed by atoms with Gasteiger partial charge in [0.25, 0.3) is 0 Å². The van der Waals surface area contributed by atoms with Gasteiger partial charge in [-0.3, -0.25) is 9.59 Å². The van der Waals surface area contributed by atoms with Crippen LogP contribution >= 0.6 is 0 Å². The summed E-state index contributed by atoms with van der Waals surface area (Å²) >= 11 is 0. The van der Waals surface area contributed by atoms with E-state index in [1.54, 1.807) is 20.8 Å². The number of hydrogen-bond donors (Lipinski definition) is 3. The van der Waals surface area contributed by atoms with Crippen LogP contribution in [0.25, 0.3) is 0 Å². The lowest BCUT2D eigenvalue weighted by Gasteiger charge is -2.28. The van der Waals surface area contributed by atoms with Gasteiger partial charge in [-0.05, 0) is 20.8 Å². The fourth-order valence-electron chi connectivity index (χ4n) is 1.50. The summed E-state index contributed by atoms with van der Waals surface area (Å²) < 4.78 is 5.17. The molecule has 1 rings (SSSR count). The highest BCUT2D eigenvalue weighted by molar-refractivity contribution is 5.84. The molecule has 0 aliphatic carbocycles. The highest BCUT2D eigenvalue weighted by Gasteiger charge is 2.44. The standard InChI is InChI=1S/C11H20N2O4/c1-10(2,9(15)16)5-13-8(14)11(3)6-17-4-7(11)12/h7H,4-6,12H2,1-3H3,(H,13,14)(H,15,16). The van der Waals surface area contributed by atoms with E-state index in [0.29, 0.717) is 6.61 Å². The Morgan fingerprint density at radius 2 is 2.18 bits per heavy atom. The van der Waals surface area contributed by atoms with E-state index in [9.17, 15) is 9.59 Å². The van der Waals surface area contributed by atoms with Crippen molar-refractivity contribution in [3.05, 3.63) is 0 Å². The molecule has 1 aliphatic rings. The number of nitrogens with one attached hydrogen (secondary N) is 1. The van der Waals surface area contributed by atoms with Crippen molar-refractivity contribution in [2.24, 2.45) is 16.6 Å². The number of hydrogen-bond acceptors (Lipinski definition) is 4. The fourth-order valence-corrected chi connectivity index (χ4v) is 1.50. The summed E-state index contributed by atoms with van der Waals surface area (Å²) in [4.78, 5) is 22.9. The van der Waals surface area contributed by atoms with Gasteiger partial charge < -0.3 is 20.9 Å². The van der Waals surface area contributed by atoms with Gasteiger partial charge in [0.05, 0.1) is 24.0 Å². The van der Waals surface area contributed by atoms with Crippen molar-refractivity contribution < 1.29 is 19.4 Å². The van der Waals surface area contributed by atoms with Crippen LogP contribution in [0.15, 0.2) is 0 Å². The zero-order valence-electron chi connectivity index (χ0n) is 10.4. The average Bonchev–Trinajstić information content (AvgIpc) is 2.57. The van der Waals surface area contributed by atoms with E-state index in [1.165, 1.54) is 0 Å². The van der Waals surface area contributed by atoms with Crippen molar-refractivity contribution in [1.29, 1.82) is 0 Å². The van der Waals surface area contributed by atoms with Crippen molar-refractivity contribution in [3.63, 3.8) is 0 Å². The van der Waals surface area contributed by atoms with E-state index < -0.39 is 16.8 Å². The first kappa shape index (κ1) is 13.9.